The summed E-state index contributed by atoms with van der Waals surface area (Å²) in [5.74, 6) is -0.213. The van der Waals surface area contributed by atoms with Crippen molar-refractivity contribution in [1.29, 1.82) is 5.26 Å². The molecule has 100 valence electrons. The minimum atomic E-state index is -0.568. The first kappa shape index (κ1) is 13.7. The van der Waals surface area contributed by atoms with Gasteiger partial charge in [0.25, 0.3) is 0 Å². The molecule has 0 fully saturated rings. The van der Waals surface area contributed by atoms with Gasteiger partial charge in [-0.15, -0.1) is 0 Å². The normalized spacial score (nSPS) is 9.85. The highest BCUT2D eigenvalue weighted by molar-refractivity contribution is 5.76. The maximum Gasteiger partial charge on any atom is 0.172 e. The van der Waals surface area contributed by atoms with Crippen LogP contribution in [-0.2, 0) is 6.61 Å². The lowest BCUT2D eigenvalue weighted by Crippen LogP contribution is -2.01. The van der Waals surface area contributed by atoms with Gasteiger partial charge in [-0.05, 0) is 36.8 Å². The van der Waals surface area contributed by atoms with Crippen LogP contribution in [0.5, 0.6) is 5.75 Å². The number of benzene rings is 1. The van der Waals surface area contributed by atoms with E-state index in [1.54, 1.807) is 25.1 Å². The van der Waals surface area contributed by atoms with Crippen molar-refractivity contribution in [2.24, 2.45) is 0 Å². The van der Waals surface area contributed by atoms with Gasteiger partial charge in [0.2, 0.25) is 0 Å². The zero-order chi connectivity index (χ0) is 14.5. The van der Waals surface area contributed by atoms with Gasteiger partial charge in [-0.2, -0.15) is 5.26 Å². The lowest BCUT2D eigenvalue weighted by atomic mass is 10.1. The summed E-state index contributed by atoms with van der Waals surface area (Å²) in [6.45, 7) is 1.90. The molecule has 0 amide bonds. The highest BCUT2D eigenvalue weighted by Gasteiger charge is 2.07. The Hall–Kier alpha value is -2.74. The van der Waals surface area contributed by atoms with Crippen molar-refractivity contribution in [2.45, 2.75) is 13.5 Å². The molecule has 20 heavy (non-hydrogen) atoms. The largest absolute Gasteiger partial charge is 0.487 e. The molecule has 0 saturated heterocycles. The van der Waals surface area contributed by atoms with Crippen LogP contribution in [0.25, 0.3) is 0 Å². The maximum atomic E-state index is 13.2. The fourth-order valence-electron chi connectivity index (χ4n) is 1.68. The van der Waals surface area contributed by atoms with E-state index >= 15 is 0 Å². The second kappa shape index (κ2) is 5.93. The lowest BCUT2D eigenvalue weighted by Gasteiger charge is -2.08. The first-order valence-electron chi connectivity index (χ1n) is 5.88. The summed E-state index contributed by atoms with van der Waals surface area (Å²) in [6.07, 6.45) is 0.619. The van der Waals surface area contributed by atoms with Crippen molar-refractivity contribution in [2.75, 3.05) is 0 Å². The molecule has 0 aliphatic rings. The molecule has 0 aliphatic carbocycles. The van der Waals surface area contributed by atoms with Crippen LogP contribution < -0.4 is 4.74 Å². The standard InChI is InChI=1S/C15H11FN2O2/c1-10-2-5-15(14(8-19)18-10)20-9-11-3-4-13(16)12(6-11)7-17/h2-6,8H,9H2,1H3. The Balaban J connectivity index is 2.17. The molecule has 0 atom stereocenters. The zero-order valence-corrected chi connectivity index (χ0v) is 10.8. The monoisotopic (exact) mass is 270 g/mol. The zero-order valence-electron chi connectivity index (χ0n) is 10.8. The highest BCUT2D eigenvalue weighted by Crippen LogP contribution is 2.18. The number of pyridine rings is 1. The number of carbonyl (C=O) groups is 1. The Labute approximate surface area is 115 Å². The van der Waals surface area contributed by atoms with Gasteiger partial charge >= 0.3 is 0 Å². The number of hydrogen-bond donors (Lipinski definition) is 0. The molecule has 0 unspecified atom stereocenters. The minimum absolute atomic E-state index is 0.0382. The molecule has 1 aromatic carbocycles. The molecule has 0 bridgehead atoms. The molecule has 0 radical (unpaired) electrons. The number of nitriles is 1. The molecule has 0 N–H and O–H groups in total. The molecule has 2 aromatic rings. The number of hydrogen-bond acceptors (Lipinski definition) is 4. The second-order valence-electron chi connectivity index (χ2n) is 4.17. The number of aldehydes is 1. The summed E-state index contributed by atoms with van der Waals surface area (Å²) >= 11 is 0. The van der Waals surface area contributed by atoms with E-state index in [-0.39, 0.29) is 17.9 Å². The molecule has 0 aliphatic heterocycles. The molecule has 2 rings (SSSR count). The summed E-state index contributed by atoms with van der Waals surface area (Å²) in [5, 5.41) is 8.75. The summed E-state index contributed by atoms with van der Waals surface area (Å²) in [4.78, 5) is 14.9. The average Bonchev–Trinajstić information content (AvgIpc) is 2.47. The Bertz CT molecular complexity index is 693. The molecular weight excluding hydrogens is 259 g/mol. The third-order valence-corrected chi connectivity index (χ3v) is 2.68. The molecule has 1 aromatic heterocycles. The van der Waals surface area contributed by atoms with E-state index in [0.717, 1.165) is 0 Å². The number of carbonyl (C=O) groups excluding carboxylic acids is 1. The summed E-state index contributed by atoms with van der Waals surface area (Å²) in [5.41, 5.74) is 1.53. The van der Waals surface area contributed by atoms with Gasteiger partial charge in [-0.3, -0.25) is 4.79 Å². The minimum Gasteiger partial charge on any atom is -0.487 e. The Kier molecular flexibility index (Phi) is 4.06. The van der Waals surface area contributed by atoms with E-state index in [4.69, 9.17) is 10.00 Å². The van der Waals surface area contributed by atoms with Crippen LogP contribution in [0.2, 0.25) is 0 Å². The third kappa shape index (κ3) is 2.98. The van der Waals surface area contributed by atoms with Gasteiger partial charge in [0.15, 0.2) is 6.29 Å². The van der Waals surface area contributed by atoms with Gasteiger partial charge in [-0.25, -0.2) is 9.37 Å². The van der Waals surface area contributed by atoms with E-state index < -0.39 is 5.82 Å². The number of nitrogens with zero attached hydrogens (tertiary/aromatic N) is 2. The van der Waals surface area contributed by atoms with Crippen LogP contribution in [-0.4, -0.2) is 11.3 Å². The van der Waals surface area contributed by atoms with E-state index in [9.17, 15) is 9.18 Å². The van der Waals surface area contributed by atoms with Gasteiger partial charge in [-0.1, -0.05) is 6.07 Å². The summed E-state index contributed by atoms with van der Waals surface area (Å²) in [6, 6.07) is 9.30. The van der Waals surface area contributed by atoms with Crippen molar-refractivity contribution in [3.63, 3.8) is 0 Å². The van der Waals surface area contributed by atoms with E-state index in [1.165, 1.54) is 18.2 Å². The first-order chi connectivity index (χ1) is 9.63. The fourth-order valence-corrected chi connectivity index (χ4v) is 1.68. The third-order valence-electron chi connectivity index (χ3n) is 2.68. The van der Waals surface area contributed by atoms with Crippen LogP contribution in [0.4, 0.5) is 4.39 Å². The van der Waals surface area contributed by atoms with Crippen molar-refractivity contribution in [3.05, 3.63) is 58.7 Å². The van der Waals surface area contributed by atoms with Gasteiger partial charge in [0, 0.05) is 5.69 Å². The van der Waals surface area contributed by atoms with Crippen LogP contribution >= 0.6 is 0 Å². The molecule has 0 spiro atoms. The number of rotatable bonds is 4. The first-order valence-corrected chi connectivity index (χ1v) is 5.88. The van der Waals surface area contributed by atoms with Crippen molar-refractivity contribution >= 4 is 6.29 Å². The number of aromatic nitrogens is 1. The topological polar surface area (TPSA) is 63.0 Å². The Morgan fingerprint density at radius 2 is 2.20 bits per heavy atom. The number of aryl methyl sites for hydroxylation is 1. The van der Waals surface area contributed by atoms with Crippen molar-refractivity contribution in [1.82, 2.24) is 4.98 Å². The summed E-state index contributed by atoms with van der Waals surface area (Å²) in [7, 11) is 0. The van der Waals surface area contributed by atoms with Crippen LogP contribution in [0, 0.1) is 24.1 Å². The second-order valence-corrected chi connectivity index (χ2v) is 4.17. The highest BCUT2D eigenvalue weighted by atomic mass is 19.1. The van der Waals surface area contributed by atoms with Crippen molar-refractivity contribution < 1.29 is 13.9 Å². The smallest absolute Gasteiger partial charge is 0.172 e. The van der Waals surface area contributed by atoms with E-state index in [0.29, 0.717) is 23.3 Å². The number of halogens is 1. The predicted octanol–water partition coefficient (Wildman–Crippen LogP) is 2.79. The van der Waals surface area contributed by atoms with Crippen LogP contribution in [0.15, 0.2) is 30.3 Å². The van der Waals surface area contributed by atoms with E-state index in [2.05, 4.69) is 4.98 Å². The molecular formula is C15H11FN2O2. The molecule has 4 nitrogen and oxygen atoms in total. The van der Waals surface area contributed by atoms with Gasteiger partial charge in [0.05, 0.1) is 5.56 Å². The van der Waals surface area contributed by atoms with Crippen molar-refractivity contribution in [3.8, 4) is 11.8 Å². The predicted molar refractivity (Wildman–Crippen MR) is 69.8 cm³/mol. The van der Waals surface area contributed by atoms with Crippen LogP contribution in [0.1, 0.15) is 27.3 Å². The molecule has 5 heteroatoms. The SMILES string of the molecule is Cc1ccc(OCc2ccc(F)c(C#N)c2)c(C=O)n1. The van der Waals surface area contributed by atoms with Gasteiger partial charge < -0.3 is 4.74 Å². The Morgan fingerprint density at radius 1 is 1.40 bits per heavy atom. The quantitative estimate of drug-likeness (QED) is 0.801. The average molecular weight is 270 g/mol. The molecule has 1 heterocycles. The maximum absolute atomic E-state index is 13.2. The van der Waals surface area contributed by atoms with Crippen LogP contribution in [0.3, 0.4) is 0 Å². The number of ether oxygens (including phenoxy) is 1. The fraction of sp³-hybridized carbons (Fsp3) is 0.133. The Morgan fingerprint density at radius 3 is 2.90 bits per heavy atom. The van der Waals surface area contributed by atoms with E-state index in [1.807, 2.05) is 0 Å². The molecule has 0 saturated carbocycles. The summed E-state index contributed by atoms with van der Waals surface area (Å²) < 4.78 is 18.7. The van der Waals surface area contributed by atoms with Gasteiger partial charge in [0.1, 0.15) is 29.9 Å². The lowest BCUT2D eigenvalue weighted by molar-refractivity contribution is 0.111.